The maximum Gasteiger partial charge on any atom is 0.161 e. The highest BCUT2D eigenvalue weighted by molar-refractivity contribution is 5.93. The maximum atomic E-state index is 11.2. The van der Waals surface area contributed by atoms with Crippen LogP contribution in [0.4, 0.5) is 5.82 Å². The van der Waals surface area contributed by atoms with Gasteiger partial charge in [0.05, 0.1) is 0 Å². The van der Waals surface area contributed by atoms with Crippen LogP contribution in [0.5, 0.6) is 0 Å². The zero-order valence-electron chi connectivity index (χ0n) is 10.8. The molecule has 4 nitrogen and oxygen atoms in total. The van der Waals surface area contributed by atoms with Gasteiger partial charge in [-0.3, -0.25) is 4.79 Å². The number of carbonyl (C=O) groups is 1. The third-order valence-corrected chi connectivity index (χ3v) is 3.63. The average Bonchev–Trinajstić information content (AvgIpc) is 2.40. The number of hydrogen-bond donors (Lipinski definition) is 1. The first kappa shape index (κ1) is 13.0. The van der Waals surface area contributed by atoms with E-state index in [0.29, 0.717) is 11.5 Å². The number of carbonyl (C=O) groups excluding carboxylic acids is 1. The zero-order valence-corrected chi connectivity index (χ0v) is 10.8. The fourth-order valence-electron chi connectivity index (χ4n) is 2.41. The summed E-state index contributed by atoms with van der Waals surface area (Å²) in [4.78, 5) is 17.8. The lowest BCUT2D eigenvalue weighted by molar-refractivity contribution is 0.101. The van der Waals surface area contributed by atoms with Gasteiger partial charge in [-0.25, -0.2) is 4.98 Å². The molecule has 2 rings (SSSR count). The largest absolute Gasteiger partial charge is 0.396 e. The fraction of sp³-hybridized carbons (Fsp3) is 0.571. The van der Waals surface area contributed by atoms with E-state index in [2.05, 4.69) is 9.88 Å². The Labute approximate surface area is 108 Å². The summed E-state index contributed by atoms with van der Waals surface area (Å²) in [5.74, 6) is 1.64. The van der Waals surface area contributed by atoms with Gasteiger partial charge in [-0.1, -0.05) is 0 Å². The molecule has 18 heavy (non-hydrogen) atoms. The van der Waals surface area contributed by atoms with Gasteiger partial charge in [-0.05, 0) is 44.2 Å². The number of aliphatic hydroxyl groups excluding tert-OH is 1. The molecule has 1 aromatic heterocycles. The van der Waals surface area contributed by atoms with Gasteiger partial charge in [-0.2, -0.15) is 0 Å². The van der Waals surface area contributed by atoms with Crippen LogP contribution in [0, 0.1) is 5.92 Å². The van der Waals surface area contributed by atoms with E-state index in [9.17, 15) is 4.79 Å². The number of hydrogen-bond acceptors (Lipinski definition) is 4. The topological polar surface area (TPSA) is 53.4 Å². The van der Waals surface area contributed by atoms with Crippen molar-refractivity contribution in [3.05, 3.63) is 23.9 Å². The van der Waals surface area contributed by atoms with Crippen LogP contribution in [0.1, 0.15) is 36.5 Å². The molecule has 1 aromatic rings. The smallest absolute Gasteiger partial charge is 0.161 e. The molecule has 0 atom stereocenters. The summed E-state index contributed by atoms with van der Waals surface area (Å²) in [5.41, 5.74) is 0.661. The van der Waals surface area contributed by atoms with Gasteiger partial charge in [-0.15, -0.1) is 0 Å². The second-order valence-electron chi connectivity index (χ2n) is 4.90. The first-order valence-electron chi connectivity index (χ1n) is 6.53. The molecule has 1 saturated heterocycles. The number of anilines is 1. The zero-order chi connectivity index (χ0) is 13.0. The van der Waals surface area contributed by atoms with Crippen LogP contribution in [0.25, 0.3) is 0 Å². The van der Waals surface area contributed by atoms with Crippen LogP contribution < -0.4 is 4.90 Å². The normalized spacial score (nSPS) is 16.9. The van der Waals surface area contributed by atoms with Crippen molar-refractivity contribution >= 4 is 11.6 Å². The van der Waals surface area contributed by atoms with E-state index in [-0.39, 0.29) is 12.4 Å². The highest BCUT2D eigenvalue weighted by Crippen LogP contribution is 2.23. The van der Waals surface area contributed by atoms with Crippen LogP contribution in [0.2, 0.25) is 0 Å². The van der Waals surface area contributed by atoms with Crippen LogP contribution in [0.15, 0.2) is 18.3 Å². The Morgan fingerprint density at radius 1 is 1.44 bits per heavy atom. The second kappa shape index (κ2) is 5.96. The third-order valence-electron chi connectivity index (χ3n) is 3.63. The highest BCUT2D eigenvalue weighted by Gasteiger charge is 2.19. The lowest BCUT2D eigenvalue weighted by Gasteiger charge is -2.32. The standard InChI is InChI=1S/C14H20N2O2/c1-11(18)13-2-3-14(15-10-13)16-7-4-12(5-8-16)6-9-17/h2-3,10,12,17H,4-9H2,1H3. The molecule has 1 fully saturated rings. The molecule has 0 amide bonds. The van der Waals surface area contributed by atoms with Crippen molar-refractivity contribution in [3.8, 4) is 0 Å². The molecular formula is C14H20N2O2. The SMILES string of the molecule is CC(=O)c1ccc(N2CCC(CCO)CC2)nc1. The van der Waals surface area contributed by atoms with E-state index in [1.807, 2.05) is 12.1 Å². The van der Waals surface area contributed by atoms with Gasteiger partial charge in [0.15, 0.2) is 5.78 Å². The van der Waals surface area contributed by atoms with Crippen molar-refractivity contribution in [2.75, 3.05) is 24.6 Å². The van der Waals surface area contributed by atoms with E-state index >= 15 is 0 Å². The quantitative estimate of drug-likeness (QED) is 0.827. The Bertz CT molecular complexity index is 395. The predicted molar refractivity (Wildman–Crippen MR) is 70.9 cm³/mol. The van der Waals surface area contributed by atoms with Crippen LogP contribution in [-0.4, -0.2) is 35.6 Å². The predicted octanol–water partition coefficient (Wildman–Crippen LogP) is 1.88. The summed E-state index contributed by atoms with van der Waals surface area (Å²) < 4.78 is 0. The average molecular weight is 248 g/mol. The maximum absolute atomic E-state index is 11.2. The Balaban J connectivity index is 1.95. The Hall–Kier alpha value is -1.42. The molecule has 0 aromatic carbocycles. The molecule has 0 bridgehead atoms. The van der Waals surface area contributed by atoms with Gasteiger partial charge in [0.2, 0.25) is 0 Å². The summed E-state index contributed by atoms with van der Waals surface area (Å²) in [6.07, 6.45) is 4.77. The fourth-order valence-corrected chi connectivity index (χ4v) is 2.41. The van der Waals surface area contributed by atoms with Crippen molar-refractivity contribution in [2.24, 2.45) is 5.92 Å². The second-order valence-corrected chi connectivity index (χ2v) is 4.90. The molecule has 0 unspecified atom stereocenters. The molecule has 0 spiro atoms. The first-order chi connectivity index (χ1) is 8.70. The summed E-state index contributed by atoms with van der Waals surface area (Å²) in [5, 5.41) is 8.93. The molecule has 0 aliphatic carbocycles. The van der Waals surface area contributed by atoms with Gasteiger partial charge in [0, 0.05) is 31.5 Å². The van der Waals surface area contributed by atoms with Crippen molar-refractivity contribution in [2.45, 2.75) is 26.2 Å². The number of aromatic nitrogens is 1. The molecule has 2 heterocycles. The molecular weight excluding hydrogens is 228 g/mol. The Morgan fingerprint density at radius 3 is 2.67 bits per heavy atom. The van der Waals surface area contributed by atoms with Crippen molar-refractivity contribution < 1.29 is 9.90 Å². The molecule has 0 radical (unpaired) electrons. The molecule has 1 N–H and O–H groups in total. The van der Waals surface area contributed by atoms with Crippen LogP contribution in [0.3, 0.4) is 0 Å². The minimum atomic E-state index is 0.0516. The van der Waals surface area contributed by atoms with E-state index in [0.717, 1.165) is 38.2 Å². The Morgan fingerprint density at radius 2 is 2.17 bits per heavy atom. The number of aliphatic hydroxyl groups is 1. The highest BCUT2D eigenvalue weighted by atomic mass is 16.3. The number of nitrogens with zero attached hydrogens (tertiary/aromatic N) is 2. The first-order valence-corrected chi connectivity index (χ1v) is 6.53. The van der Waals surface area contributed by atoms with E-state index in [1.165, 1.54) is 0 Å². The van der Waals surface area contributed by atoms with E-state index in [1.54, 1.807) is 13.1 Å². The summed E-state index contributed by atoms with van der Waals surface area (Å²) >= 11 is 0. The van der Waals surface area contributed by atoms with E-state index in [4.69, 9.17) is 5.11 Å². The number of piperidine rings is 1. The number of ketones is 1. The molecule has 1 aliphatic heterocycles. The number of Topliss-reactive ketones (excluding diaryl/α,β-unsaturated/α-hetero) is 1. The minimum absolute atomic E-state index is 0.0516. The molecule has 4 heteroatoms. The van der Waals surface area contributed by atoms with Gasteiger partial charge < -0.3 is 10.0 Å². The van der Waals surface area contributed by atoms with Gasteiger partial charge >= 0.3 is 0 Å². The Kier molecular flexibility index (Phi) is 4.31. The van der Waals surface area contributed by atoms with Crippen LogP contribution >= 0.6 is 0 Å². The lowest BCUT2D eigenvalue weighted by atomic mass is 9.94. The molecule has 0 saturated carbocycles. The number of pyridine rings is 1. The molecule has 1 aliphatic rings. The van der Waals surface area contributed by atoms with Crippen molar-refractivity contribution in [1.29, 1.82) is 0 Å². The third kappa shape index (κ3) is 3.07. The van der Waals surface area contributed by atoms with Gasteiger partial charge in [0.25, 0.3) is 0 Å². The summed E-state index contributed by atoms with van der Waals surface area (Å²) in [6, 6.07) is 3.76. The van der Waals surface area contributed by atoms with Crippen molar-refractivity contribution in [3.63, 3.8) is 0 Å². The lowest BCUT2D eigenvalue weighted by Crippen LogP contribution is -2.34. The number of rotatable bonds is 4. The van der Waals surface area contributed by atoms with Gasteiger partial charge in [0.1, 0.15) is 5.82 Å². The van der Waals surface area contributed by atoms with E-state index < -0.39 is 0 Å². The monoisotopic (exact) mass is 248 g/mol. The van der Waals surface area contributed by atoms with Crippen LogP contribution in [-0.2, 0) is 0 Å². The van der Waals surface area contributed by atoms with Crippen molar-refractivity contribution in [1.82, 2.24) is 4.98 Å². The molecule has 98 valence electrons. The summed E-state index contributed by atoms with van der Waals surface area (Å²) in [7, 11) is 0. The minimum Gasteiger partial charge on any atom is -0.396 e. The summed E-state index contributed by atoms with van der Waals surface area (Å²) in [6.45, 7) is 3.81.